The topological polar surface area (TPSA) is 93.7 Å². The van der Waals surface area contributed by atoms with E-state index in [0.717, 1.165) is 11.1 Å². The van der Waals surface area contributed by atoms with Crippen molar-refractivity contribution in [3.05, 3.63) is 81.8 Å². The fraction of sp³-hybridized carbons (Fsp3) is 0.174. The minimum absolute atomic E-state index is 0.0566. The van der Waals surface area contributed by atoms with Gasteiger partial charge in [-0.1, -0.05) is 41.4 Å². The van der Waals surface area contributed by atoms with Crippen LogP contribution >= 0.6 is 23.2 Å². The lowest BCUT2D eigenvalue weighted by Gasteiger charge is -2.14. The second-order valence-corrected chi connectivity index (χ2v) is 9.57. The van der Waals surface area contributed by atoms with Crippen molar-refractivity contribution in [1.82, 2.24) is 4.72 Å². The van der Waals surface area contributed by atoms with E-state index in [1.165, 1.54) is 32.4 Å². The van der Waals surface area contributed by atoms with Crippen molar-refractivity contribution in [3.63, 3.8) is 0 Å². The summed E-state index contributed by atoms with van der Waals surface area (Å²) < 4.78 is 37.8. The van der Waals surface area contributed by atoms with E-state index in [1.54, 1.807) is 24.3 Å². The maximum Gasteiger partial charge on any atom is 0.241 e. The molecule has 0 aliphatic carbocycles. The number of amides is 1. The van der Waals surface area contributed by atoms with Crippen molar-refractivity contribution in [1.29, 1.82) is 0 Å². The first-order valence-corrected chi connectivity index (χ1v) is 12.0. The first kappa shape index (κ1) is 24.9. The molecule has 1 amide bonds. The fourth-order valence-corrected chi connectivity index (χ4v) is 4.49. The molecule has 0 aliphatic heterocycles. The summed E-state index contributed by atoms with van der Waals surface area (Å²) >= 11 is 12.4. The molecular formula is C23H22Cl2N2O5S. The Bertz CT molecular complexity index is 1270. The Morgan fingerprint density at radius 3 is 2.33 bits per heavy atom. The first-order valence-electron chi connectivity index (χ1n) is 9.77. The van der Waals surface area contributed by atoms with Gasteiger partial charge in [-0.15, -0.1) is 0 Å². The van der Waals surface area contributed by atoms with Crippen LogP contribution in [0.1, 0.15) is 11.1 Å². The number of nitrogens with one attached hydrogen (secondary N) is 2. The van der Waals surface area contributed by atoms with Crippen LogP contribution in [0.4, 0.5) is 5.69 Å². The molecule has 3 aromatic rings. The van der Waals surface area contributed by atoms with Gasteiger partial charge in [0.2, 0.25) is 15.9 Å². The second-order valence-electron chi connectivity index (χ2n) is 6.96. The molecule has 10 heteroatoms. The summed E-state index contributed by atoms with van der Waals surface area (Å²) in [7, 11) is -1.11. The Morgan fingerprint density at radius 1 is 0.909 bits per heavy atom. The van der Waals surface area contributed by atoms with Crippen LogP contribution in [0.5, 0.6) is 11.5 Å². The van der Waals surface area contributed by atoms with E-state index in [0.29, 0.717) is 27.9 Å². The van der Waals surface area contributed by atoms with Gasteiger partial charge in [0.15, 0.2) is 11.5 Å². The maximum atomic E-state index is 12.6. The summed E-state index contributed by atoms with van der Waals surface area (Å²) in [4.78, 5) is 12.5. The Morgan fingerprint density at radius 2 is 1.64 bits per heavy atom. The average Bonchev–Trinajstić information content (AvgIpc) is 2.80. The quantitative estimate of drug-likeness (QED) is 0.443. The van der Waals surface area contributed by atoms with Crippen molar-refractivity contribution in [3.8, 4) is 11.5 Å². The lowest BCUT2D eigenvalue weighted by Crippen LogP contribution is -2.33. The van der Waals surface area contributed by atoms with Crippen molar-refractivity contribution in [2.45, 2.75) is 11.3 Å². The summed E-state index contributed by atoms with van der Waals surface area (Å²) in [5.74, 6) is 0.111. The number of hydrogen-bond donors (Lipinski definition) is 2. The minimum atomic E-state index is -3.96. The molecule has 0 atom stereocenters. The van der Waals surface area contributed by atoms with Crippen LogP contribution in [0, 0.1) is 0 Å². The van der Waals surface area contributed by atoms with Crippen molar-refractivity contribution >= 4 is 44.8 Å². The summed E-state index contributed by atoms with van der Waals surface area (Å²) in [6.45, 7) is -0.467. The number of hydrogen-bond acceptors (Lipinski definition) is 5. The number of anilines is 1. The van der Waals surface area contributed by atoms with E-state index in [-0.39, 0.29) is 10.6 Å². The zero-order valence-corrected chi connectivity index (χ0v) is 20.2. The van der Waals surface area contributed by atoms with Gasteiger partial charge >= 0.3 is 0 Å². The zero-order chi connectivity index (χ0) is 24.0. The number of benzene rings is 3. The monoisotopic (exact) mass is 508 g/mol. The highest BCUT2D eigenvalue weighted by atomic mass is 35.5. The molecule has 0 fully saturated rings. The molecule has 0 aromatic heterocycles. The highest BCUT2D eigenvalue weighted by Crippen LogP contribution is 2.29. The number of halogens is 2. The molecule has 0 saturated heterocycles. The summed E-state index contributed by atoms with van der Waals surface area (Å²) in [5.41, 5.74) is 2.12. The van der Waals surface area contributed by atoms with Gasteiger partial charge in [-0.25, -0.2) is 13.1 Å². The van der Waals surface area contributed by atoms with Crippen LogP contribution < -0.4 is 19.5 Å². The fourth-order valence-electron chi connectivity index (χ4n) is 3.10. The number of carbonyl (C=O) groups excluding carboxylic acids is 1. The third kappa shape index (κ3) is 6.39. The molecule has 0 saturated carbocycles. The Balaban J connectivity index is 1.72. The molecule has 3 rings (SSSR count). The van der Waals surface area contributed by atoms with Crippen LogP contribution in [-0.2, 0) is 21.2 Å². The number of ether oxygens (including phenoxy) is 2. The van der Waals surface area contributed by atoms with E-state index in [1.807, 2.05) is 18.2 Å². The van der Waals surface area contributed by atoms with Crippen molar-refractivity contribution in [2.75, 3.05) is 26.1 Å². The Hall–Kier alpha value is -2.78. The molecule has 7 nitrogen and oxygen atoms in total. The third-order valence-corrected chi connectivity index (χ3v) is 6.77. The van der Waals surface area contributed by atoms with E-state index in [9.17, 15) is 13.2 Å². The lowest BCUT2D eigenvalue weighted by atomic mass is 10.0. The normalized spacial score (nSPS) is 11.2. The minimum Gasteiger partial charge on any atom is -0.493 e. The van der Waals surface area contributed by atoms with Gasteiger partial charge in [0.25, 0.3) is 0 Å². The maximum absolute atomic E-state index is 12.6. The molecule has 0 bridgehead atoms. The smallest absolute Gasteiger partial charge is 0.241 e. The molecule has 0 unspecified atom stereocenters. The number of carbonyl (C=O) groups is 1. The predicted octanol–water partition coefficient (Wildman–Crippen LogP) is 4.52. The van der Waals surface area contributed by atoms with Crippen LogP contribution in [-0.4, -0.2) is 35.1 Å². The molecular weight excluding hydrogens is 487 g/mol. The van der Waals surface area contributed by atoms with E-state index < -0.39 is 22.5 Å². The molecule has 0 heterocycles. The van der Waals surface area contributed by atoms with E-state index in [4.69, 9.17) is 32.7 Å². The molecule has 0 spiro atoms. The van der Waals surface area contributed by atoms with Gasteiger partial charge in [0.1, 0.15) is 0 Å². The van der Waals surface area contributed by atoms with Crippen molar-refractivity contribution < 1.29 is 22.7 Å². The molecule has 2 N–H and O–H groups in total. The third-order valence-electron chi connectivity index (χ3n) is 4.77. The van der Waals surface area contributed by atoms with E-state index >= 15 is 0 Å². The molecule has 33 heavy (non-hydrogen) atoms. The second kappa shape index (κ2) is 10.9. The summed E-state index contributed by atoms with van der Waals surface area (Å²) in [6.07, 6.45) is 0.438. The molecule has 0 aliphatic rings. The van der Waals surface area contributed by atoms with Gasteiger partial charge in [-0.2, -0.15) is 0 Å². The van der Waals surface area contributed by atoms with Gasteiger partial charge in [-0.3, -0.25) is 4.79 Å². The van der Waals surface area contributed by atoms with Crippen LogP contribution in [0.15, 0.2) is 65.6 Å². The van der Waals surface area contributed by atoms with Crippen molar-refractivity contribution in [2.24, 2.45) is 0 Å². The first-order chi connectivity index (χ1) is 15.7. The predicted molar refractivity (Wildman–Crippen MR) is 129 cm³/mol. The lowest BCUT2D eigenvalue weighted by molar-refractivity contribution is -0.115. The SMILES string of the molecule is COc1ccc(S(=O)(=O)NCC(=O)Nc2ccc(Cl)cc2Cc2ccccc2Cl)cc1OC. The number of methoxy groups -OCH3 is 2. The molecule has 3 aromatic carbocycles. The average molecular weight is 509 g/mol. The summed E-state index contributed by atoms with van der Waals surface area (Å²) in [6, 6.07) is 16.5. The van der Waals surface area contributed by atoms with Crippen LogP contribution in [0.2, 0.25) is 10.0 Å². The van der Waals surface area contributed by atoms with Crippen LogP contribution in [0.3, 0.4) is 0 Å². The van der Waals surface area contributed by atoms with Gasteiger partial charge in [0.05, 0.1) is 25.7 Å². The van der Waals surface area contributed by atoms with Gasteiger partial charge < -0.3 is 14.8 Å². The van der Waals surface area contributed by atoms with Crippen LogP contribution in [0.25, 0.3) is 0 Å². The Kier molecular flexibility index (Phi) is 8.20. The van der Waals surface area contributed by atoms with Gasteiger partial charge in [-0.05, 0) is 47.5 Å². The Labute approximate surface area is 202 Å². The molecule has 174 valence electrons. The zero-order valence-electron chi connectivity index (χ0n) is 17.9. The summed E-state index contributed by atoms with van der Waals surface area (Å²) in [5, 5.41) is 3.83. The highest BCUT2D eigenvalue weighted by Gasteiger charge is 2.19. The standard InChI is InChI=1S/C23H22Cl2N2O5S/c1-31-21-10-8-18(13-22(21)32-2)33(29,30)26-14-23(28)27-20-9-7-17(24)12-16(20)11-15-5-3-4-6-19(15)25/h3-10,12-13,26H,11,14H2,1-2H3,(H,27,28). The molecule has 0 radical (unpaired) electrons. The number of rotatable bonds is 9. The van der Waals surface area contributed by atoms with Gasteiger partial charge in [0, 0.05) is 28.2 Å². The van der Waals surface area contributed by atoms with E-state index in [2.05, 4.69) is 10.0 Å². The number of sulfonamides is 1. The highest BCUT2D eigenvalue weighted by molar-refractivity contribution is 7.89. The largest absolute Gasteiger partial charge is 0.493 e.